The van der Waals surface area contributed by atoms with Gasteiger partial charge >= 0.3 is 0 Å². The zero-order valence-electron chi connectivity index (χ0n) is 11.5. The van der Waals surface area contributed by atoms with E-state index in [0.717, 1.165) is 18.3 Å². The molecule has 1 aromatic heterocycles. The molecule has 0 saturated heterocycles. The lowest BCUT2D eigenvalue weighted by molar-refractivity contribution is 0.360. The van der Waals surface area contributed by atoms with Gasteiger partial charge in [-0.1, -0.05) is 38.7 Å². The number of aromatic nitrogens is 1. The summed E-state index contributed by atoms with van der Waals surface area (Å²) >= 11 is 0. The lowest BCUT2D eigenvalue weighted by atomic mass is 9.94. The van der Waals surface area contributed by atoms with Crippen molar-refractivity contribution >= 4 is 0 Å². The molecule has 0 spiro atoms. The predicted octanol–water partition coefficient (Wildman–Crippen LogP) is 3.32. The minimum Gasteiger partial charge on any atom is -0.481 e. The van der Waals surface area contributed by atoms with Gasteiger partial charge in [0, 0.05) is 17.8 Å². The van der Waals surface area contributed by atoms with Crippen LogP contribution in [0.4, 0.5) is 0 Å². The summed E-state index contributed by atoms with van der Waals surface area (Å²) in [6.45, 7) is 3.14. The van der Waals surface area contributed by atoms with Crippen molar-refractivity contribution < 1.29 is 4.74 Å². The maximum atomic E-state index is 5.39. The van der Waals surface area contributed by atoms with E-state index in [1.54, 1.807) is 13.3 Å². The fraction of sp³-hybridized carbons (Fsp3) is 0.667. The molecule has 1 atom stereocenters. The molecule has 0 amide bonds. The molecule has 1 aromatic rings. The summed E-state index contributed by atoms with van der Waals surface area (Å²) < 4.78 is 5.39. The topological polar surface area (TPSA) is 34.2 Å². The summed E-state index contributed by atoms with van der Waals surface area (Å²) in [5.41, 5.74) is 1.20. The van der Waals surface area contributed by atoms with Crippen LogP contribution in [0.2, 0.25) is 0 Å². The first-order chi connectivity index (χ1) is 8.85. The highest BCUT2D eigenvalue weighted by molar-refractivity contribution is 5.29. The van der Waals surface area contributed by atoms with Crippen LogP contribution in [0, 0.1) is 5.92 Å². The van der Waals surface area contributed by atoms with Crippen LogP contribution in [-0.2, 0) is 0 Å². The molecular formula is C15H24N2O. The van der Waals surface area contributed by atoms with E-state index < -0.39 is 0 Å². The second-order valence-electron chi connectivity index (χ2n) is 5.10. The van der Waals surface area contributed by atoms with Crippen molar-refractivity contribution in [2.24, 2.45) is 5.92 Å². The molecule has 1 aliphatic rings. The number of nitrogens with zero attached hydrogens (tertiary/aromatic N) is 1. The Kier molecular flexibility index (Phi) is 5.00. The summed E-state index contributed by atoms with van der Waals surface area (Å²) in [4.78, 5) is 4.31. The van der Waals surface area contributed by atoms with Crippen LogP contribution in [-0.4, -0.2) is 18.6 Å². The standard InChI is InChI=1S/C15H24N2O/c1-3-16-14(11-12-7-4-5-8-12)13-9-6-10-17-15(13)18-2/h6,9-10,12,14,16H,3-5,7-8,11H2,1-2H3. The lowest BCUT2D eigenvalue weighted by Gasteiger charge is -2.23. The molecule has 0 radical (unpaired) electrons. The Morgan fingerprint density at radius 1 is 1.44 bits per heavy atom. The van der Waals surface area contributed by atoms with Gasteiger partial charge in [-0.2, -0.15) is 0 Å². The molecule has 1 saturated carbocycles. The Morgan fingerprint density at radius 2 is 2.22 bits per heavy atom. The minimum absolute atomic E-state index is 0.377. The first kappa shape index (κ1) is 13.3. The fourth-order valence-corrected chi connectivity index (χ4v) is 2.99. The third-order valence-electron chi connectivity index (χ3n) is 3.86. The van der Waals surface area contributed by atoms with Crippen LogP contribution in [0.3, 0.4) is 0 Å². The van der Waals surface area contributed by atoms with Crippen molar-refractivity contribution in [3.05, 3.63) is 23.9 Å². The van der Waals surface area contributed by atoms with Crippen LogP contribution >= 0.6 is 0 Å². The molecule has 0 aromatic carbocycles. The van der Waals surface area contributed by atoms with Gasteiger partial charge in [0.25, 0.3) is 0 Å². The van der Waals surface area contributed by atoms with Crippen molar-refractivity contribution in [3.8, 4) is 5.88 Å². The Hall–Kier alpha value is -1.09. The van der Waals surface area contributed by atoms with Crippen LogP contribution in [0.25, 0.3) is 0 Å². The molecule has 1 heterocycles. The highest BCUT2D eigenvalue weighted by atomic mass is 16.5. The van der Waals surface area contributed by atoms with Crippen LogP contribution in [0.15, 0.2) is 18.3 Å². The second kappa shape index (κ2) is 6.74. The van der Waals surface area contributed by atoms with Gasteiger partial charge in [-0.25, -0.2) is 4.98 Å². The lowest BCUT2D eigenvalue weighted by Crippen LogP contribution is -2.23. The number of rotatable bonds is 6. The van der Waals surface area contributed by atoms with E-state index in [-0.39, 0.29) is 0 Å². The largest absolute Gasteiger partial charge is 0.481 e. The van der Waals surface area contributed by atoms with E-state index in [0.29, 0.717) is 6.04 Å². The Bertz CT molecular complexity index is 361. The van der Waals surface area contributed by atoms with Gasteiger partial charge in [-0.15, -0.1) is 0 Å². The molecule has 3 nitrogen and oxygen atoms in total. The van der Waals surface area contributed by atoms with Crippen LogP contribution < -0.4 is 10.1 Å². The summed E-state index contributed by atoms with van der Waals surface area (Å²) in [5, 5.41) is 3.58. The summed E-state index contributed by atoms with van der Waals surface area (Å²) in [6.07, 6.45) is 8.55. The third kappa shape index (κ3) is 3.22. The van der Waals surface area contributed by atoms with Gasteiger partial charge < -0.3 is 10.1 Å². The molecule has 1 unspecified atom stereocenters. The molecule has 1 aliphatic carbocycles. The van der Waals surface area contributed by atoms with Crippen molar-refractivity contribution in [1.29, 1.82) is 0 Å². The molecule has 3 heteroatoms. The van der Waals surface area contributed by atoms with E-state index in [1.807, 2.05) is 6.07 Å². The van der Waals surface area contributed by atoms with Crippen molar-refractivity contribution in [2.45, 2.75) is 45.1 Å². The Labute approximate surface area is 110 Å². The quantitative estimate of drug-likeness (QED) is 0.838. The minimum atomic E-state index is 0.377. The monoisotopic (exact) mass is 248 g/mol. The third-order valence-corrected chi connectivity index (χ3v) is 3.86. The zero-order valence-corrected chi connectivity index (χ0v) is 11.5. The SMILES string of the molecule is CCNC(CC1CCCC1)c1cccnc1OC. The van der Waals surface area contributed by atoms with E-state index in [1.165, 1.54) is 37.7 Å². The number of ether oxygens (including phenoxy) is 1. The molecule has 0 aliphatic heterocycles. The van der Waals surface area contributed by atoms with E-state index in [4.69, 9.17) is 4.74 Å². The molecule has 1 fully saturated rings. The molecule has 100 valence electrons. The van der Waals surface area contributed by atoms with Gasteiger partial charge in [0.2, 0.25) is 5.88 Å². The van der Waals surface area contributed by atoms with Gasteiger partial charge in [0.05, 0.1) is 7.11 Å². The average molecular weight is 248 g/mol. The number of methoxy groups -OCH3 is 1. The van der Waals surface area contributed by atoms with Crippen molar-refractivity contribution in [2.75, 3.05) is 13.7 Å². The molecular weight excluding hydrogens is 224 g/mol. The molecule has 0 bridgehead atoms. The van der Waals surface area contributed by atoms with Crippen LogP contribution in [0.5, 0.6) is 5.88 Å². The van der Waals surface area contributed by atoms with Gasteiger partial charge in [0.1, 0.15) is 0 Å². The Morgan fingerprint density at radius 3 is 2.89 bits per heavy atom. The van der Waals surface area contributed by atoms with Crippen molar-refractivity contribution in [1.82, 2.24) is 10.3 Å². The first-order valence-electron chi connectivity index (χ1n) is 7.07. The van der Waals surface area contributed by atoms with Crippen LogP contribution in [0.1, 0.15) is 50.6 Å². The number of hydrogen-bond acceptors (Lipinski definition) is 3. The Balaban J connectivity index is 2.11. The highest BCUT2D eigenvalue weighted by Crippen LogP contribution is 2.35. The van der Waals surface area contributed by atoms with Gasteiger partial charge in [-0.3, -0.25) is 0 Å². The summed E-state index contributed by atoms with van der Waals surface area (Å²) in [6, 6.07) is 4.51. The number of hydrogen-bond donors (Lipinski definition) is 1. The fourth-order valence-electron chi connectivity index (χ4n) is 2.99. The smallest absolute Gasteiger partial charge is 0.217 e. The summed E-state index contributed by atoms with van der Waals surface area (Å²) in [7, 11) is 1.70. The maximum absolute atomic E-state index is 5.39. The number of nitrogens with one attached hydrogen (secondary N) is 1. The maximum Gasteiger partial charge on any atom is 0.217 e. The van der Waals surface area contributed by atoms with Gasteiger partial charge in [0.15, 0.2) is 0 Å². The average Bonchev–Trinajstić information content (AvgIpc) is 2.91. The number of pyridine rings is 1. The predicted molar refractivity (Wildman–Crippen MR) is 73.8 cm³/mol. The highest BCUT2D eigenvalue weighted by Gasteiger charge is 2.23. The second-order valence-corrected chi connectivity index (χ2v) is 5.10. The zero-order chi connectivity index (χ0) is 12.8. The molecule has 18 heavy (non-hydrogen) atoms. The molecule has 1 N–H and O–H groups in total. The summed E-state index contributed by atoms with van der Waals surface area (Å²) in [5.74, 6) is 1.63. The normalized spacial score (nSPS) is 17.9. The van der Waals surface area contributed by atoms with E-state index in [9.17, 15) is 0 Å². The van der Waals surface area contributed by atoms with Gasteiger partial charge in [-0.05, 0) is 24.9 Å². The molecule has 2 rings (SSSR count). The van der Waals surface area contributed by atoms with E-state index >= 15 is 0 Å². The van der Waals surface area contributed by atoms with Crippen molar-refractivity contribution in [3.63, 3.8) is 0 Å². The first-order valence-corrected chi connectivity index (χ1v) is 7.07. The van der Waals surface area contributed by atoms with E-state index in [2.05, 4.69) is 23.3 Å².